The van der Waals surface area contributed by atoms with Crippen LogP contribution in [0.25, 0.3) is 0 Å². The summed E-state index contributed by atoms with van der Waals surface area (Å²) in [6.07, 6.45) is -0.453. The van der Waals surface area contributed by atoms with Gasteiger partial charge in [-0.15, -0.1) is 0 Å². The molecule has 0 aromatic heterocycles. The Kier molecular flexibility index (Phi) is 5.52. The third kappa shape index (κ3) is 4.99. The first-order chi connectivity index (χ1) is 9.74. The van der Waals surface area contributed by atoms with Crippen LogP contribution >= 0.6 is 0 Å². The van der Waals surface area contributed by atoms with Crippen molar-refractivity contribution in [2.45, 2.75) is 18.9 Å². The number of para-hydroxylation sites is 1. The van der Waals surface area contributed by atoms with E-state index in [1.54, 1.807) is 24.3 Å². The first kappa shape index (κ1) is 14.5. The van der Waals surface area contributed by atoms with Gasteiger partial charge in [-0.25, -0.2) is 0 Å². The maximum absolute atomic E-state index is 11.5. The van der Waals surface area contributed by atoms with Gasteiger partial charge < -0.3 is 18.9 Å². The van der Waals surface area contributed by atoms with Crippen LogP contribution < -0.4 is 4.74 Å². The molecule has 1 fully saturated rings. The fourth-order valence-corrected chi connectivity index (χ4v) is 1.65. The maximum atomic E-state index is 11.5. The largest absolute Gasteiger partial charge is 0.457 e. The van der Waals surface area contributed by atoms with E-state index in [9.17, 15) is 9.59 Å². The molecule has 0 bridgehead atoms. The van der Waals surface area contributed by atoms with Crippen molar-refractivity contribution in [3.05, 3.63) is 30.3 Å². The molecule has 0 spiro atoms. The number of hydrogen-bond donors (Lipinski definition) is 0. The predicted octanol–water partition coefficient (Wildman–Crippen LogP) is 1.29. The van der Waals surface area contributed by atoms with Crippen LogP contribution in [0.4, 0.5) is 0 Å². The highest BCUT2D eigenvalue weighted by Gasteiger charge is 2.19. The zero-order chi connectivity index (χ0) is 14.2. The molecule has 1 aromatic carbocycles. The number of ether oxygens (including phenoxy) is 4. The number of carbonyl (C=O) groups is 2. The lowest BCUT2D eigenvalue weighted by Gasteiger charge is -2.22. The summed E-state index contributed by atoms with van der Waals surface area (Å²) in [6, 6.07) is 8.70. The summed E-state index contributed by atoms with van der Waals surface area (Å²) in [5, 5.41) is 0. The molecular formula is C14H16O6. The number of hydrogen-bond acceptors (Lipinski definition) is 6. The zero-order valence-corrected chi connectivity index (χ0v) is 10.9. The van der Waals surface area contributed by atoms with Crippen LogP contribution in [-0.4, -0.2) is 38.0 Å². The molecule has 6 nitrogen and oxygen atoms in total. The van der Waals surface area contributed by atoms with Gasteiger partial charge in [0.1, 0.15) is 18.6 Å². The highest BCUT2D eigenvalue weighted by atomic mass is 16.7. The molecule has 0 aliphatic carbocycles. The second-order valence-electron chi connectivity index (χ2n) is 4.26. The van der Waals surface area contributed by atoms with E-state index >= 15 is 0 Å². The number of rotatable bonds is 5. The standard InChI is InChI=1S/C14H16O6/c15-13(19-11-4-2-1-3-5-11)6-7-14(16)20-12-8-17-10-18-9-12/h1-5,12H,6-10H2. The van der Waals surface area contributed by atoms with Crippen molar-refractivity contribution < 1.29 is 28.5 Å². The van der Waals surface area contributed by atoms with Crippen LogP contribution in [0.5, 0.6) is 5.75 Å². The molecular weight excluding hydrogens is 264 g/mol. The lowest BCUT2D eigenvalue weighted by Crippen LogP contribution is -2.33. The quantitative estimate of drug-likeness (QED) is 0.598. The molecule has 108 valence electrons. The second-order valence-corrected chi connectivity index (χ2v) is 4.26. The van der Waals surface area contributed by atoms with Gasteiger partial charge in [-0.1, -0.05) is 18.2 Å². The number of esters is 2. The summed E-state index contributed by atoms with van der Waals surface area (Å²) in [5.41, 5.74) is 0. The molecule has 20 heavy (non-hydrogen) atoms. The summed E-state index contributed by atoms with van der Waals surface area (Å²) in [7, 11) is 0. The normalized spacial score (nSPS) is 15.6. The van der Waals surface area contributed by atoms with Gasteiger partial charge in [0.2, 0.25) is 0 Å². The average Bonchev–Trinajstić information content (AvgIpc) is 2.47. The van der Waals surface area contributed by atoms with Gasteiger partial charge in [-0.05, 0) is 12.1 Å². The molecule has 1 aliphatic rings. The third-order valence-corrected chi connectivity index (χ3v) is 2.58. The second kappa shape index (κ2) is 7.62. The molecule has 1 heterocycles. The lowest BCUT2D eigenvalue weighted by atomic mass is 10.3. The van der Waals surface area contributed by atoms with Gasteiger partial charge >= 0.3 is 11.9 Å². The minimum absolute atomic E-state index is 0.0256. The fourth-order valence-electron chi connectivity index (χ4n) is 1.65. The molecule has 0 radical (unpaired) electrons. The first-order valence-electron chi connectivity index (χ1n) is 6.35. The van der Waals surface area contributed by atoms with Crippen molar-refractivity contribution in [3.8, 4) is 5.75 Å². The van der Waals surface area contributed by atoms with E-state index < -0.39 is 18.0 Å². The number of carbonyl (C=O) groups excluding carboxylic acids is 2. The molecule has 0 N–H and O–H groups in total. The molecule has 1 aromatic rings. The van der Waals surface area contributed by atoms with Crippen LogP contribution in [0.3, 0.4) is 0 Å². The van der Waals surface area contributed by atoms with E-state index in [0.717, 1.165) is 0 Å². The minimum Gasteiger partial charge on any atom is -0.457 e. The third-order valence-electron chi connectivity index (χ3n) is 2.58. The van der Waals surface area contributed by atoms with Crippen molar-refractivity contribution >= 4 is 11.9 Å². The van der Waals surface area contributed by atoms with Gasteiger partial charge in [0.15, 0.2) is 0 Å². The van der Waals surface area contributed by atoms with E-state index in [-0.39, 0.29) is 19.6 Å². The average molecular weight is 280 g/mol. The molecule has 1 saturated heterocycles. The predicted molar refractivity (Wildman–Crippen MR) is 68.0 cm³/mol. The van der Waals surface area contributed by atoms with E-state index in [1.807, 2.05) is 6.07 Å². The summed E-state index contributed by atoms with van der Waals surface area (Å²) < 4.78 is 20.1. The van der Waals surface area contributed by atoms with Gasteiger partial charge in [-0.3, -0.25) is 9.59 Å². The molecule has 6 heteroatoms. The zero-order valence-electron chi connectivity index (χ0n) is 10.9. The summed E-state index contributed by atoms with van der Waals surface area (Å²) in [5.74, 6) is -0.474. The van der Waals surface area contributed by atoms with Crippen LogP contribution in [0.15, 0.2) is 30.3 Å². The van der Waals surface area contributed by atoms with Gasteiger partial charge in [0, 0.05) is 0 Å². The summed E-state index contributed by atoms with van der Waals surface area (Å²) in [4.78, 5) is 23.1. The molecule has 2 rings (SSSR count). The fraction of sp³-hybridized carbons (Fsp3) is 0.429. The Morgan fingerprint density at radius 1 is 1.05 bits per heavy atom. The summed E-state index contributed by atoms with van der Waals surface area (Å²) >= 11 is 0. The van der Waals surface area contributed by atoms with Crippen LogP contribution in [0.1, 0.15) is 12.8 Å². The van der Waals surface area contributed by atoms with Crippen molar-refractivity contribution in [2.75, 3.05) is 20.0 Å². The molecule has 0 atom stereocenters. The monoisotopic (exact) mass is 280 g/mol. The molecule has 1 aliphatic heterocycles. The molecule has 0 saturated carbocycles. The lowest BCUT2D eigenvalue weighted by molar-refractivity contribution is -0.183. The Hall–Kier alpha value is -1.92. The van der Waals surface area contributed by atoms with Gasteiger partial charge in [-0.2, -0.15) is 0 Å². The van der Waals surface area contributed by atoms with Crippen molar-refractivity contribution in [3.63, 3.8) is 0 Å². The highest BCUT2D eigenvalue weighted by molar-refractivity contribution is 5.79. The summed E-state index contributed by atoms with van der Waals surface area (Å²) in [6.45, 7) is 0.859. The van der Waals surface area contributed by atoms with Crippen LogP contribution in [-0.2, 0) is 23.8 Å². The smallest absolute Gasteiger partial charge is 0.311 e. The van der Waals surface area contributed by atoms with Gasteiger partial charge in [0.25, 0.3) is 0 Å². The van der Waals surface area contributed by atoms with Gasteiger partial charge in [0.05, 0.1) is 26.1 Å². The van der Waals surface area contributed by atoms with Crippen molar-refractivity contribution in [1.29, 1.82) is 0 Å². The van der Waals surface area contributed by atoms with E-state index in [1.165, 1.54) is 0 Å². The van der Waals surface area contributed by atoms with E-state index in [0.29, 0.717) is 19.0 Å². The van der Waals surface area contributed by atoms with E-state index in [4.69, 9.17) is 18.9 Å². The van der Waals surface area contributed by atoms with Crippen molar-refractivity contribution in [1.82, 2.24) is 0 Å². The Bertz CT molecular complexity index is 438. The Labute approximate surface area is 116 Å². The van der Waals surface area contributed by atoms with E-state index in [2.05, 4.69) is 0 Å². The van der Waals surface area contributed by atoms with Crippen LogP contribution in [0, 0.1) is 0 Å². The topological polar surface area (TPSA) is 71.1 Å². The van der Waals surface area contributed by atoms with Crippen molar-refractivity contribution in [2.24, 2.45) is 0 Å². The maximum Gasteiger partial charge on any atom is 0.311 e. The Balaban J connectivity index is 1.66. The molecule has 0 amide bonds. The Morgan fingerprint density at radius 3 is 2.40 bits per heavy atom. The minimum atomic E-state index is -0.468. The molecule has 0 unspecified atom stereocenters. The Morgan fingerprint density at radius 2 is 1.70 bits per heavy atom. The van der Waals surface area contributed by atoms with Crippen LogP contribution in [0.2, 0.25) is 0 Å². The SMILES string of the molecule is O=C(CCC(=O)OC1COCOC1)Oc1ccccc1. The first-order valence-corrected chi connectivity index (χ1v) is 6.35. The number of benzene rings is 1. The highest BCUT2D eigenvalue weighted by Crippen LogP contribution is 2.10.